The van der Waals surface area contributed by atoms with Crippen molar-refractivity contribution in [1.82, 2.24) is 9.97 Å². The molecular weight excluding hydrogens is 370 g/mol. The maximum Gasteiger partial charge on any atom is 0.260 e. The molecule has 0 aliphatic carbocycles. The summed E-state index contributed by atoms with van der Waals surface area (Å²) >= 11 is 1.47. The highest BCUT2D eigenvalue weighted by Gasteiger charge is 2.22. The number of nitrogens with zero attached hydrogens (tertiary/aromatic N) is 3. The predicted octanol–water partition coefficient (Wildman–Crippen LogP) is 4.86. The van der Waals surface area contributed by atoms with Gasteiger partial charge in [0.05, 0.1) is 23.9 Å². The minimum absolute atomic E-state index is 0.0881. The highest BCUT2D eigenvalue weighted by molar-refractivity contribution is 7.22. The molecule has 2 aromatic carbocycles. The van der Waals surface area contributed by atoms with Gasteiger partial charge in [0.15, 0.2) is 5.13 Å². The Balaban J connectivity index is 1.75. The average Bonchev–Trinajstić information content (AvgIpc) is 3.15. The van der Waals surface area contributed by atoms with Crippen LogP contribution in [-0.4, -0.2) is 23.0 Å². The molecule has 0 saturated carbocycles. The lowest BCUT2D eigenvalue weighted by atomic mass is 10.1. The monoisotopic (exact) mass is 389 g/mol. The number of carbonyl (C=O) groups excluding carboxylic acids is 1. The summed E-state index contributed by atoms with van der Waals surface area (Å²) in [4.78, 5) is 23.9. The molecular formula is C22H19N3O2S. The van der Waals surface area contributed by atoms with E-state index in [2.05, 4.69) is 4.98 Å². The quantitative estimate of drug-likeness (QED) is 0.489. The number of pyridine rings is 1. The van der Waals surface area contributed by atoms with Gasteiger partial charge in [-0.1, -0.05) is 35.1 Å². The molecule has 0 spiro atoms. The first-order valence-corrected chi connectivity index (χ1v) is 9.68. The molecule has 0 aliphatic heterocycles. The number of carbonyl (C=O) groups is 1. The molecule has 140 valence electrons. The van der Waals surface area contributed by atoms with Crippen molar-refractivity contribution in [2.75, 3.05) is 12.0 Å². The summed E-state index contributed by atoms with van der Waals surface area (Å²) in [7, 11) is 1.64. The number of amides is 1. The number of rotatable bonds is 5. The smallest absolute Gasteiger partial charge is 0.260 e. The van der Waals surface area contributed by atoms with Gasteiger partial charge in [-0.25, -0.2) is 4.98 Å². The van der Waals surface area contributed by atoms with E-state index >= 15 is 0 Å². The number of methoxy groups -OCH3 is 1. The molecule has 4 rings (SSSR count). The lowest BCUT2D eigenvalue weighted by Crippen LogP contribution is -2.30. The molecule has 4 aromatic rings. The number of aryl methyl sites for hydroxylation is 1. The van der Waals surface area contributed by atoms with Crippen molar-refractivity contribution in [2.45, 2.75) is 13.5 Å². The molecule has 2 heterocycles. The van der Waals surface area contributed by atoms with Gasteiger partial charge in [0.25, 0.3) is 5.91 Å². The molecule has 2 aromatic heterocycles. The van der Waals surface area contributed by atoms with Crippen molar-refractivity contribution in [3.8, 4) is 5.75 Å². The Bertz CT molecular complexity index is 1110. The molecule has 0 fully saturated rings. The van der Waals surface area contributed by atoms with Crippen molar-refractivity contribution in [1.29, 1.82) is 0 Å². The molecule has 0 unspecified atom stereocenters. The topological polar surface area (TPSA) is 55.3 Å². The number of fused-ring (bicyclic) bond motifs is 1. The first-order chi connectivity index (χ1) is 13.6. The van der Waals surface area contributed by atoms with E-state index in [0.717, 1.165) is 27.1 Å². The fourth-order valence-electron chi connectivity index (χ4n) is 2.89. The van der Waals surface area contributed by atoms with E-state index in [0.29, 0.717) is 17.2 Å². The maximum absolute atomic E-state index is 13.3. The molecule has 28 heavy (non-hydrogen) atoms. The first kappa shape index (κ1) is 18.1. The lowest BCUT2D eigenvalue weighted by Gasteiger charge is -2.20. The Hall–Kier alpha value is -3.25. The summed E-state index contributed by atoms with van der Waals surface area (Å²) in [6.45, 7) is 2.40. The molecule has 1 amide bonds. The molecule has 0 radical (unpaired) electrons. The van der Waals surface area contributed by atoms with Crippen LogP contribution in [-0.2, 0) is 6.54 Å². The second kappa shape index (κ2) is 7.78. The van der Waals surface area contributed by atoms with Gasteiger partial charge in [0, 0.05) is 18.0 Å². The number of hydrogen-bond donors (Lipinski definition) is 0. The standard InChI is InChI=1S/C22H19N3O2S/c1-15-5-7-17(8-6-15)21(26)25(14-16-4-3-11-23-13-16)22-24-19-10-9-18(27-2)12-20(19)28-22/h3-13H,14H2,1-2H3. The molecule has 0 bridgehead atoms. The Morgan fingerprint density at radius 3 is 2.68 bits per heavy atom. The number of hydrogen-bond acceptors (Lipinski definition) is 5. The lowest BCUT2D eigenvalue weighted by molar-refractivity contribution is 0.0985. The van der Waals surface area contributed by atoms with E-state index < -0.39 is 0 Å². The number of thiazole rings is 1. The third-order valence-corrected chi connectivity index (χ3v) is 5.46. The minimum atomic E-state index is -0.0881. The van der Waals surface area contributed by atoms with Crippen LogP contribution in [0.2, 0.25) is 0 Å². The summed E-state index contributed by atoms with van der Waals surface area (Å²) in [6.07, 6.45) is 3.49. The van der Waals surface area contributed by atoms with Gasteiger partial charge in [-0.15, -0.1) is 0 Å². The number of aromatic nitrogens is 2. The van der Waals surface area contributed by atoms with Gasteiger partial charge in [-0.2, -0.15) is 0 Å². The largest absolute Gasteiger partial charge is 0.497 e. The third-order valence-electron chi connectivity index (χ3n) is 4.42. The van der Waals surface area contributed by atoms with Gasteiger partial charge >= 0.3 is 0 Å². The first-order valence-electron chi connectivity index (χ1n) is 8.86. The van der Waals surface area contributed by atoms with Crippen molar-refractivity contribution < 1.29 is 9.53 Å². The van der Waals surface area contributed by atoms with Crippen LogP contribution in [0.3, 0.4) is 0 Å². The van der Waals surface area contributed by atoms with Gasteiger partial charge in [-0.3, -0.25) is 14.7 Å². The van der Waals surface area contributed by atoms with Crippen LogP contribution in [0.25, 0.3) is 10.2 Å². The van der Waals surface area contributed by atoms with Crippen LogP contribution >= 0.6 is 11.3 Å². The zero-order valence-electron chi connectivity index (χ0n) is 15.6. The Labute approximate surface area is 167 Å². The molecule has 0 atom stereocenters. The third kappa shape index (κ3) is 3.73. The van der Waals surface area contributed by atoms with E-state index in [1.165, 1.54) is 11.3 Å². The van der Waals surface area contributed by atoms with Gasteiger partial charge in [0.1, 0.15) is 5.75 Å². The Morgan fingerprint density at radius 2 is 1.96 bits per heavy atom. The number of anilines is 1. The van der Waals surface area contributed by atoms with Gasteiger partial charge in [-0.05, 0) is 48.9 Å². The van der Waals surface area contributed by atoms with Crippen LogP contribution in [0.15, 0.2) is 67.0 Å². The SMILES string of the molecule is COc1ccc2nc(N(Cc3cccnc3)C(=O)c3ccc(C)cc3)sc2c1. The van der Waals surface area contributed by atoms with E-state index in [4.69, 9.17) is 9.72 Å². The predicted molar refractivity (Wildman–Crippen MR) is 112 cm³/mol. The molecule has 0 aliphatic rings. The molecule has 0 N–H and O–H groups in total. The number of benzene rings is 2. The summed E-state index contributed by atoms with van der Waals surface area (Å²) in [5, 5.41) is 0.651. The van der Waals surface area contributed by atoms with Crippen molar-refractivity contribution in [3.05, 3.63) is 83.7 Å². The average molecular weight is 389 g/mol. The van der Waals surface area contributed by atoms with Crippen LogP contribution < -0.4 is 9.64 Å². The van der Waals surface area contributed by atoms with Crippen LogP contribution in [0.5, 0.6) is 5.75 Å². The highest BCUT2D eigenvalue weighted by Crippen LogP contribution is 2.33. The second-order valence-corrected chi connectivity index (χ2v) is 7.46. The normalized spacial score (nSPS) is 10.8. The summed E-state index contributed by atoms with van der Waals surface area (Å²) in [5.41, 5.74) is 3.53. The Kier molecular flexibility index (Phi) is 5.04. The van der Waals surface area contributed by atoms with E-state index in [9.17, 15) is 4.79 Å². The summed E-state index contributed by atoms with van der Waals surface area (Å²) < 4.78 is 6.28. The zero-order chi connectivity index (χ0) is 19.5. The van der Waals surface area contributed by atoms with Crippen LogP contribution in [0.4, 0.5) is 5.13 Å². The Morgan fingerprint density at radius 1 is 1.14 bits per heavy atom. The van der Waals surface area contributed by atoms with Gasteiger partial charge in [0.2, 0.25) is 0 Å². The van der Waals surface area contributed by atoms with E-state index in [1.807, 2.05) is 61.5 Å². The summed E-state index contributed by atoms with van der Waals surface area (Å²) in [5.74, 6) is 0.682. The van der Waals surface area contributed by atoms with Crippen LogP contribution in [0, 0.1) is 6.92 Å². The van der Waals surface area contributed by atoms with Crippen molar-refractivity contribution in [2.24, 2.45) is 0 Å². The minimum Gasteiger partial charge on any atom is -0.497 e. The van der Waals surface area contributed by atoms with Gasteiger partial charge < -0.3 is 4.74 Å². The summed E-state index contributed by atoms with van der Waals surface area (Å²) in [6, 6.07) is 17.1. The number of ether oxygens (including phenoxy) is 1. The van der Waals surface area contributed by atoms with E-state index in [-0.39, 0.29) is 5.91 Å². The van der Waals surface area contributed by atoms with Crippen molar-refractivity contribution in [3.63, 3.8) is 0 Å². The molecule has 6 heteroatoms. The highest BCUT2D eigenvalue weighted by atomic mass is 32.1. The second-order valence-electron chi connectivity index (χ2n) is 6.45. The maximum atomic E-state index is 13.3. The molecule has 0 saturated heterocycles. The fourth-order valence-corrected chi connectivity index (χ4v) is 3.88. The fraction of sp³-hybridized carbons (Fsp3) is 0.136. The zero-order valence-corrected chi connectivity index (χ0v) is 16.4. The molecule has 5 nitrogen and oxygen atoms in total. The van der Waals surface area contributed by atoms with E-state index in [1.54, 1.807) is 24.4 Å². The van der Waals surface area contributed by atoms with Crippen LogP contribution in [0.1, 0.15) is 21.5 Å². The van der Waals surface area contributed by atoms with Crippen molar-refractivity contribution >= 4 is 32.6 Å².